The molecule has 0 aliphatic rings. The van der Waals surface area contributed by atoms with E-state index >= 15 is 0 Å². The van der Waals surface area contributed by atoms with E-state index in [0.29, 0.717) is 11.6 Å². The van der Waals surface area contributed by atoms with E-state index in [0.717, 1.165) is 17.0 Å². The number of halogens is 1. The lowest BCUT2D eigenvalue weighted by atomic mass is 10.2. The van der Waals surface area contributed by atoms with Crippen molar-refractivity contribution in [1.82, 2.24) is 4.98 Å². The number of pyridine rings is 1. The molecular formula is C13H13ClN2O. The maximum atomic E-state index is 5.95. The summed E-state index contributed by atoms with van der Waals surface area (Å²) in [7, 11) is 1.64. The van der Waals surface area contributed by atoms with Gasteiger partial charge < -0.3 is 10.1 Å². The normalized spacial score (nSPS) is 10.0. The van der Waals surface area contributed by atoms with Crippen LogP contribution in [0, 0.1) is 0 Å². The average molecular weight is 249 g/mol. The number of methoxy groups -OCH3 is 1. The van der Waals surface area contributed by atoms with Gasteiger partial charge in [-0.2, -0.15) is 0 Å². The van der Waals surface area contributed by atoms with E-state index in [1.165, 1.54) is 0 Å². The molecule has 1 N–H and O–H groups in total. The van der Waals surface area contributed by atoms with E-state index in [-0.39, 0.29) is 0 Å². The van der Waals surface area contributed by atoms with Gasteiger partial charge in [0.05, 0.1) is 12.8 Å². The predicted octanol–water partition coefficient (Wildman–Crippen LogP) is 3.36. The number of aromatic nitrogens is 1. The first-order chi connectivity index (χ1) is 8.29. The van der Waals surface area contributed by atoms with Crippen molar-refractivity contribution in [2.75, 3.05) is 12.4 Å². The third-order valence-corrected chi connectivity index (χ3v) is 2.60. The van der Waals surface area contributed by atoms with Gasteiger partial charge in [-0.15, -0.1) is 0 Å². The highest BCUT2D eigenvalue weighted by molar-refractivity contribution is 6.30. The summed E-state index contributed by atoms with van der Waals surface area (Å²) < 4.78 is 5.25. The molecule has 4 heteroatoms. The Balaban J connectivity index is 2.11. The zero-order chi connectivity index (χ0) is 12.1. The standard InChI is InChI=1S/C13H13ClN2O/c1-17-13-5-4-11(14)7-12(13)16-9-10-3-2-6-15-8-10/h2-8,16H,9H2,1H3. The van der Waals surface area contributed by atoms with Gasteiger partial charge in [0.1, 0.15) is 5.75 Å². The van der Waals surface area contributed by atoms with Crippen LogP contribution in [-0.2, 0) is 6.54 Å². The number of benzene rings is 1. The molecule has 0 aliphatic heterocycles. The van der Waals surface area contributed by atoms with E-state index in [2.05, 4.69) is 10.3 Å². The first-order valence-corrected chi connectivity index (χ1v) is 5.63. The maximum Gasteiger partial charge on any atom is 0.142 e. The number of rotatable bonds is 4. The first-order valence-electron chi connectivity index (χ1n) is 5.26. The fourth-order valence-electron chi connectivity index (χ4n) is 1.52. The Morgan fingerprint density at radius 2 is 2.24 bits per heavy atom. The lowest BCUT2D eigenvalue weighted by Crippen LogP contribution is -2.01. The molecule has 2 rings (SSSR count). The van der Waals surface area contributed by atoms with Gasteiger partial charge in [-0.25, -0.2) is 0 Å². The Labute approximate surface area is 105 Å². The van der Waals surface area contributed by atoms with Crippen LogP contribution in [0.5, 0.6) is 5.75 Å². The van der Waals surface area contributed by atoms with Crippen molar-refractivity contribution in [2.24, 2.45) is 0 Å². The zero-order valence-corrected chi connectivity index (χ0v) is 10.2. The summed E-state index contributed by atoms with van der Waals surface area (Å²) in [5, 5.41) is 3.95. The van der Waals surface area contributed by atoms with Crippen LogP contribution in [0.4, 0.5) is 5.69 Å². The van der Waals surface area contributed by atoms with Crippen molar-refractivity contribution in [3.05, 3.63) is 53.3 Å². The number of hydrogen-bond donors (Lipinski definition) is 1. The van der Waals surface area contributed by atoms with Gasteiger partial charge >= 0.3 is 0 Å². The Morgan fingerprint density at radius 1 is 1.35 bits per heavy atom. The summed E-state index contributed by atoms with van der Waals surface area (Å²) in [6.07, 6.45) is 3.58. The van der Waals surface area contributed by atoms with Gasteiger partial charge in [-0.05, 0) is 29.8 Å². The second-order valence-electron chi connectivity index (χ2n) is 3.56. The molecule has 1 heterocycles. The molecule has 0 atom stereocenters. The minimum Gasteiger partial charge on any atom is -0.495 e. The van der Waals surface area contributed by atoms with Gasteiger partial charge in [-0.3, -0.25) is 4.98 Å². The molecule has 0 bridgehead atoms. The van der Waals surface area contributed by atoms with Gasteiger partial charge in [0, 0.05) is 24.0 Å². The highest BCUT2D eigenvalue weighted by Gasteiger charge is 2.03. The van der Waals surface area contributed by atoms with Crippen molar-refractivity contribution in [3.8, 4) is 5.75 Å². The van der Waals surface area contributed by atoms with Crippen LogP contribution in [0.3, 0.4) is 0 Å². The molecule has 1 aromatic heterocycles. The van der Waals surface area contributed by atoms with Gasteiger partial charge in [0.15, 0.2) is 0 Å². The quantitative estimate of drug-likeness (QED) is 0.901. The van der Waals surface area contributed by atoms with E-state index < -0.39 is 0 Å². The first kappa shape index (κ1) is 11.7. The van der Waals surface area contributed by atoms with E-state index in [1.807, 2.05) is 30.5 Å². The Morgan fingerprint density at radius 3 is 2.94 bits per heavy atom. The highest BCUT2D eigenvalue weighted by Crippen LogP contribution is 2.27. The van der Waals surface area contributed by atoms with Gasteiger partial charge in [-0.1, -0.05) is 17.7 Å². The van der Waals surface area contributed by atoms with Crippen molar-refractivity contribution >= 4 is 17.3 Å². The molecule has 0 radical (unpaired) electrons. The summed E-state index contributed by atoms with van der Waals surface area (Å²) in [5.74, 6) is 0.776. The number of nitrogens with one attached hydrogen (secondary N) is 1. The molecule has 0 aliphatic carbocycles. The summed E-state index contributed by atoms with van der Waals surface area (Å²) in [6, 6.07) is 9.41. The fourth-order valence-corrected chi connectivity index (χ4v) is 1.69. The summed E-state index contributed by atoms with van der Waals surface area (Å²) in [4.78, 5) is 4.06. The molecule has 88 valence electrons. The van der Waals surface area contributed by atoms with Crippen molar-refractivity contribution < 1.29 is 4.74 Å². The summed E-state index contributed by atoms with van der Waals surface area (Å²) in [6.45, 7) is 0.685. The Bertz CT molecular complexity index is 488. The second kappa shape index (κ2) is 5.55. The molecule has 1 aromatic carbocycles. The van der Waals surface area contributed by atoms with E-state index in [1.54, 1.807) is 19.4 Å². The third kappa shape index (κ3) is 3.11. The smallest absolute Gasteiger partial charge is 0.142 e. The highest BCUT2D eigenvalue weighted by atomic mass is 35.5. The minimum atomic E-state index is 0.680. The largest absolute Gasteiger partial charge is 0.495 e. The maximum absolute atomic E-state index is 5.95. The summed E-state index contributed by atoms with van der Waals surface area (Å²) >= 11 is 5.95. The lowest BCUT2D eigenvalue weighted by Gasteiger charge is -2.11. The van der Waals surface area contributed by atoms with Crippen LogP contribution in [0.1, 0.15) is 5.56 Å². The Kier molecular flexibility index (Phi) is 3.83. The molecule has 2 aromatic rings. The lowest BCUT2D eigenvalue weighted by molar-refractivity contribution is 0.416. The molecule has 0 spiro atoms. The van der Waals surface area contributed by atoms with Crippen LogP contribution in [0.15, 0.2) is 42.7 Å². The monoisotopic (exact) mass is 248 g/mol. The Hall–Kier alpha value is -1.74. The van der Waals surface area contributed by atoms with Gasteiger partial charge in [0.25, 0.3) is 0 Å². The number of ether oxygens (including phenoxy) is 1. The van der Waals surface area contributed by atoms with E-state index in [4.69, 9.17) is 16.3 Å². The molecule has 0 saturated heterocycles. The molecule has 0 saturated carbocycles. The number of hydrogen-bond acceptors (Lipinski definition) is 3. The molecule has 0 unspecified atom stereocenters. The van der Waals surface area contributed by atoms with E-state index in [9.17, 15) is 0 Å². The zero-order valence-electron chi connectivity index (χ0n) is 9.48. The number of nitrogens with zero attached hydrogens (tertiary/aromatic N) is 1. The van der Waals surface area contributed by atoms with Crippen LogP contribution in [0.2, 0.25) is 5.02 Å². The van der Waals surface area contributed by atoms with Crippen LogP contribution < -0.4 is 10.1 Å². The molecular weight excluding hydrogens is 236 g/mol. The molecule has 17 heavy (non-hydrogen) atoms. The number of anilines is 1. The average Bonchev–Trinajstić information content (AvgIpc) is 2.38. The minimum absolute atomic E-state index is 0.680. The fraction of sp³-hybridized carbons (Fsp3) is 0.154. The summed E-state index contributed by atoms with van der Waals surface area (Å²) in [5.41, 5.74) is 1.98. The predicted molar refractivity (Wildman–Crippen MR) is 69.6 cm³/mol. The van der Waals surface area contributed by atoms with Crippen molar-refractivity contribution in [1.29, 1.82) is 0 Å². The van der Waals surface area contributed by atoms with Crippen LogP contribution in [0.25, 0.3) is 0 Å². The molecule has 0 amide bonds. The second-order valence-corrected chi connectivity index (χ2v) is 4.00. The van der Waals surface area contributed by atoms with Crippen LogP contribution in [-0.4, -0.2) is 12.1 Å². The SMILES string of the molecule is COc1ccc(Cl)cc1NCc1cccnc1. The molecule has 0 fully saturated rings. The van der Waals surface area contributed by atoms with Crippen molar-refractivity contribution in [3.63, 3.8) is 0 Å². The van der Waals surface area contributed by atoms with Crippen LogP contribution >= 0.6 is 11.6 Å². The topological polar surface area (TPSA) is 34.1 Å². The van der Waals surface area contributed by atoms with Crippen molar-refractivity contribution in [2.45, 2.75) is 6.54 Å². The van der Waals surface area contributed by atoms with Gasteiger partial charge in [0.2, 0.25) is 0 Å². The molecule has 3 nitrogen and oxygen atoms in total. The third-order valence-electron chi connectivity index (χ3n) is 2.37.